The number of hydrogen-bond acceptors (Lipinski definition) is 4. The molecule has 0 radical (unpaired) electrons. The van der Waals surface area contributed by atoms with Crippen LogP contribution in [0, 0.1) is 0 Å². The number of carbonyl (C=O) groups excluding carboxylic acids is 1. The van der Waals surface area contributed by atoms with Crippen LogP contribution < -0.4 is 0 Å². The number of aromatic nitrogens is 3. The van der Waals surface area contributed by atoms with Crippen LogP contribution >= 0.6 is 22.9 Å². The van der Waals surface area contributed by atoms with Gasteiger partial charge < -0.3 is 9.47 Å². The minimum atomic E-state index is 0.172. The van der Waals surface area contributed by atoms with Crippen molar-refractivity contribution in [3.63, 3.8) is 0 Å². The molecule has 1 aliphatic heterocycles. The van der Waals surface area contributed by atoms with Gasteiger partial charge in [0.15, 0.2) is 0 Å². The molecule has 3 rings (SSSR count). The Morgan fingerprint density at radius 1 is 1.50 bits per heavy atom. The summed E-state index contributed by atoms with van der Waals surface area (Å²) in [5.41, 5.74) is 0. The Kier molecular flexibility index (Phi) is 4.78. The molecule has 0 spiro atoms. The fourth-order valence-electron chi connectivity index (χ4n) is 2.95. The van der Waals surface area contributed by atoms with Crippen LogP contribution in [0.1, 0.15) is 36.4 Å². The second-order valence-electron chi connectivity index (χ2n) is 5.54. The molecule has 5 nitrogen and oxygen atoms in total. The number of nitrogens with zero attached hydrogens (tertiary/aromatic N) is 4. The quantitative estimate of drug-likeness (QED) is 0.861. The zero-order valence-electron chi connectivity index (χ0n) is 12.5. The van der Waals surface area contributed by atoms with E-state index in [1.807, 2.05) is 17.0 Å². The Bertz CT molecular complexity index is 654. The van der Waals surface area contributed by atoms with E-state index < -0.39 is 0 Å². The highest BCUT2D eigenvalue weighted by Gasteiger charge is 2.27. The molecular formula is C15H19ClN4OS. The van der Waals surface area contributed by atoms with Crippen LogP contribution in [0.4, 0.5) is 0 Å². The number of piperidine rings is 1. The molecule has 1 amide bonds. The van der Waals surface area contributed by atoms with E-state index >= 15 is 0 Å². The molecule has 7 heteroatoms. The minimum absolute atomic E-state index is 0.172. The Morgan fingerprint density at radius 2 is 2.36 bits per heavy atom. The van der Waals surface area contributed by atoms with Crippen molar-refractivity contribution >= 4 is 28.8 Å². The lowest BCUT2D eigenvalue weighted by Crippen LogP contribution is -2.40. The highest BCUT2D eigenvalue weighted by molar-refractivity contribution is 7.16. The molecule has 1 saturated heterocycles. The zero-order chi connectivity index (χ0) is 15.5. The topological polar surface area (TPSA) is 51.0 Å². The Labute approximate surface area is 138 Å². The van der Waals surface area contributed by atoms with E-state index in [9.17, 15) is 4.79 Å². The van der Waals surface area contributed by atoms with E-state index in [1.54, 1.807) is 6.33 Å². The molecule has 118 valence electrons. The van der Waals surface area contributed by atoms with Gasteiger partial charge in [-0.2, -0.15) is 0 Å². The number of thiophene rings is 1. The molecule has 2 aromatic heterocycles. The fraction of sp³-hybridized carbons (Fsp3) is 0.533. The normalized spacial score (nSPS) is 18.6. The first-order valence-corrected chi connectivity index (χ1v) is 8.76. The lowest BCUT2D eigenvalue weighted by Gasteiger charge is -2.32. The average molecular weight is 339 g/mol. The molecule has 0 aromatic carbocycles. The Balaban J connectivity index is 1.66. The summed E-state index contributed by atoms with van der Waals surface area (Å²) < 4.78 is 2.80. The molecule has 3 heterocycles. The van der Waals surface area contributed by atoms with Crippen molar-refractivity contribution in [3.8, 4) is 0 Å². The molecule has 1 atom stereocenters. The second-order valence-corrected chi connectivity index (χ2v) is 7.34. The third-order valence-corrected chi connectivity index (χ3v) is 5.31. The van der Waals surface area contributed by atoms with Gasteiger partial charge in [0, 0.05) is 30.4 Å². The van der Waals surface area contributed by atoms with Crippen molar-refractivity contribution in [1.82, 2.24) is 19.7 Å². The zero-order valence-corrected chi connectivity index (χ0v) is 14.1. The second kappa shape index (κ2) is 6.79. The summed E-state index contributed by atoms with van der Waals surface area (Å²) in [6.45, 7) is 4.50. The molecule has 1 aliphatic rings. The highest BCUT2D eigenvalue weighted by Crippen LogP contribution is 2.27. The minimum Gasteiger partial charge on any atom is -0.342 e. The van der Waals surface area contributed by atoms with Crippen molar-refractivity contribution in [1.29, 1.82) is 0 Å². The van der Waals surface area contributed by atoms with Gasteiger partial charge in [-0.3, -0.25) is 4.79 Å². The van der Waals surface area contributed by atoms with Crippen LogP contribution in [0.2, 0.25) is 4.34 Å². The Hall–Kier alpha value is -1.40. The number of carbonyl (C=O) groups is 1. The summed E-state index contributed by atoms with van der Waals surface area (Å²) in [5, 5.41) is 8.26. The summed E-state index contributed by atoms with van der Waals surface area (Å²) in [4.78, 5) is 15.5. The molecule has 0 bridgehead atoms. The van der Waals surface area contributed by atoms with Crippen LogP contribution in [0.25, 0.3) is 0 Å². The summed E-state index contributed by atoms with van der Waals surface area (Å²) >= 11 is 7.41. The predicted molar refractivity (Wildman–Crippen MR) is 87.3 cm³/mol. The maximum atomic E-state index is 12.5. The van der Waals surface area contributed by atoms with Gasteiger partial charge in [-0.15, -0.1) is 21.5 Å². The van der Waals surface area contributed by atoms with Crippen molar-refractivity contribution < 1.29 is 4.79 Å². The van der Waals surface area contributed by atoms with E-state index in [2.05, 4.69) is 21.7 Å². The monoisotopic (exact) mass is 338 g/mol. The average Bonchev–Trinajstić information content (AvgIpc) is 3.16. The van der Waals surface area contributed by atoms with Crippen molar-refractivity contribution in [3.05, 3.63) is 33.5 Å². The van der Waals surface area contributed by atoms with E-state index in [0.717, 1.165) is 47.5 Å². The van der Waals surface area contributed by atoms with Gasteiger partial charge in [-0.05, 0) is 31.9 Å². The maximum absolute atomic E-state index is 12.5. The molecule has 1 fully saturated rings. The fourth-order valence-corrected chi connectivity index (χ4v) is 4.02. The van der Waals surface area contributed by atoms with Crippen LogP contribution in [0.5, 0.6) is 0 Å². The van der Waals surface area contributed by atoms with Gasteiger partial charge in [0.05, 0.1) is 10.8 Å². The van der Waals surface area contributed by atoms with Gasteiger partial charge in [0.25, 0.3) is 0 Å². The smallest absolute Gasteiger partial charge is 0.227 e. The summed E-state index contributed by atoms with van der Waals surface area (Å²) in [6.07, 6.45) is 4.28. The maximum Gasteiger partial charge on any atom is 0.227 e. The largest absolute Gasteiger partial charge is 0.342 e. The van der Waals surface area contributed by atoms with Crippen LogP contribution in [-0.2, 0) is 17.8 Å². The molecular weight excluding hydrogens is 320 g/mol. The summed E-state index contributed by atoms with van der Waals surface area (Å²) in [7, 11) is 0. The summed E-state index contributed by atoms with van der Waals surface area (Å²) in [5.74, 6) is 1.46. The molecule has 0 unspecified atom stereocenters. The van der Waals surface area contributed by atoms with Crippen molar-refractivity contribution in [2.45, 2.75) is 38.6 Å². The number of hydrogen-bond donors (Lipinski definition) is 0. The van der Waals surface area contributed by atoms with Crippen molar-refractivity contribution in [2.24, 2.45) is 0 Å². The third-order valence-electron chi connectivity index (χ3n) is 4.08. The number of aryl methyl sites for hydroxylation is 1. The van der Waals surface area contributed by atoms with Gasteiger partial charge >= 0.3 is 0 Å². The molecule has 0 N–H and O–H groups in total. The van der Waals surface area contributed by atoms with Gasteiger partial charge in [-0.25, -0.2) is 0 Å². The predicted octanol–water partition coefficient (Wildman–Crippen LogP) is 2.96. The summed E-state index contributed by atoms with van der Waals surface area (Å²) in [6, 6.07) is 3.78. The van der Waals surface area contributed by atoms with Crippen LogP contribution in [0.3, 0.4) is 0 Å². The van der Waals surface area contributed by atoms with Crippen LogP contribution in [-0.4, -0.2) is 38.7 Å². The first kappa shape index (κ1) is 15.5. The van der Waals surface area contributed by atoms with Gasteiger partial charge in [0.2, 0.25) is 5.91 Å². The SMILES string of the molecule is CCn1cnnc1[C@@H]1CCCN(C(=O)Cc2ccc(Cl)s2)C1. The number of likely N-dealkylation sites (tertiary alicyclic amines) is 1. The molecule has 2 aromatic rings. The first-order chi connectivity index (χ1) is 10.7. The highest BCUT2D eigenvalue weighted by atomic mass is 35.5. The lowest BCUT2D eigenvalue weighted by atomic mass is 9.96. The molecule has 0 aliphatic carbocycles. The van der Waals surface area contributed by atoms with Crippen LogP contribution in [0.15, 0.2) is 18.5 Å². The van der Waals surface area contributed by atoms with Gasteiger partial charge in [0.1, 0.15) is 12.2 Å². The number of halogens is 1. The molecule has 0 saturated carbocycles. The van der Waals surface area contributed by atoms with E-state index in [-0.39, 0.29) is 11.8 Å². The first-order valence-electron chi connectivity index (χ1n) is 7.57. The van der Waals surface area contributed by atoms with Gasteiger partial charge in [-0.1, -0.05) is 11.6 Å². The Morgan fingerprint density at radius 3 is 3.09 bits per heavy atom. The standard InChI is InChI=1S/C15H19ClN4OS/c1-2-19-10-17-18-15(19)11-4-3-7-20(9-11)14(21)8-12-5-6-13(16)22-12/h5-6,10-11H,2-4,7-9H2,1H3/t11-/m1/s1. The third kappa shape index (κ3) is 3.33. The number of rotatable bonds is 4. The van der Waals surface area contributed by atoms with E-state index in [4.69, 9.17) is 11.6 Å². The molecule has 22 heavy (non-hydrogen) atoms. The van der Waals surface area contributed by atoms with E-state index in [1.165, 1.54) is 11.3 Å². The van der Waals surface area contributed by atoms with E-state index in [0.29, 0.717) is 6.42 Å². The number of amides is 1. The van der Waals surface area contributed by atoms with Crippen molar-refractivity contribution in [2.75, 3.05) is 13.1 Å². The lowest BCUT2D eigenvalue weighted by molar-refractivity contribution is -0.131.